The van der Waals surface area contributed by atoms with E-state index in [4.69, 9.17) is 4.74 Å². The topological polar surface area (TPSA) is 64.1 Å². The molecule has 0 fully saturated rings. The number of aromatic nitrogens is 2. The third kappa shape index (κ3) is 3.49. The number of aryl methyl sites for hydroxylation is 1. The number of nitrogens with one attached hydrogen (secondary N) is 1. The summed E-state index contributed by atoms with van der Waals surface area (Å²) in [4.78, 5) is 19.9. The molecule has 1 aromatic rings. The normalized spacial score (nSPS) is 11.1. The second kappa shape index (κ2) is 4.47. The zero-order chi connectivity index (χ0) is 12.3. The molecule has 0 atom stereocenters. The summed E-state index contributed by atoms with van der Waals surface area (Å²) in [6.07, 6.45) is 0. The molecule has 0 aromatic carbocycles. The maximum atomic E-state index is 11.7. The molecule has 1 heterocycles. The van der Waals surface area contributed by atoms with E-state index in [1.807, 2.05) is 20.8 Å². The summed E-state index contributed by atoms with van der Waals surface area (Å²) in [7, 11) is 1.70. The number of carbonyl (C=O) groups excluding carboxylic acids is 1. The van der Waals surface area contributed by atoms with Crippen molar-refractivity contribution in [2.24, 2.45) is 0 Å². The first-order valence-corrected chi connectivity index (χ1v) is 5.08. The lowest BCUT2D eigenvalue weighted by atomic mass is 10.2. The fraction of sp³-hybridized carbons (Fsp3) is 0.545. The van der Waals surface area contributed by atoms with Crippen molar-refractivity contribution in [3.63, 3.8) is 0 Å². The highest BCUT2D eigenvalue weighted by Gasteiger charge is 2.19. The number of hydrogen-bond acceptors (Lipinski definition) is 5. The van der Waals surface area contributed by atoms with E-state index in [0.29, 0.717) is 5.95 Å². The third-order valence-electron chi connectivity index (χ3n) is 1.69. The van der Waals surface area contributed by atoms with Crippen molar-refractivity contribution in [1.82, 2.24) is 9.97 Å². The van der Waals surface area contributed by atoms with E-state index in [-0.39, 0.29) is 5.69 Å². The van der Waals surface area contributed by atoms with Crippen LogP contribution in [0, 0.1) is 6.92 Å². The summed E-state index contributed by atoms with van der Waals surface area (Å²) in [6, 6.07) is 1.61. The number of rotatable bonds is 2. The van der Waals surface area contributed by atoms with E-state index in [1.54, 1.807) is 20.0 Å². The Kier molecular flexibility index (Phi) is 3.47. The van der Waals surface area contributed by atoms with Crippen LogP contribution < -0.4 is 5.32 Å². The van der Waals surface area contributed by atoms with Crippen molar-refractivity contribution in [1.29, 1.82) is 0 Å². The van der Waals surface area contributed by atoms with Gasteiger partial charge in [0.25, 0.3) is 0 Å². The predicted octanol–water partition coefficient (Wildman–Crippen LogP) is 1.78. The predicted molar refractivity (Wildman–Crippen MR) is 61.5 cm³/mol. The molecule has 0 spiro atoms. The molecule has 0 saturated carbocycles. The molecule has 0 unspecified atom stereocenters. The second-order valence-corrected chi connectivity index (χ2v) is 4.47. The minimum absolute atomic E-state index is 0.270. The molecule has 0 aliphatic heterocycles. The summed E-state index contributed by atoms with van der Waals surface area (Å²) in [5, 5.41) is 2.80. The highest BCUT2D eigenvalue weighted by Crippen LogP contribution is 2.12. The van der Waals surface area contributed by atoms with Crippen LogP contribution in [0.15, 0.2) is 6.07 Å². The van der Waals surface area contributed by atoms with Crippen LogP contribution in [0.2, 0.25) is 0 Å². The molecular formula is C11H17N3O2. The van der Waals surface area contributed by atoms with Crippen molar-refractivity contribution in [2.75, 3.05) is 12.4 Å². The van der Waals surface area contributed by atoms with E-state index in [1.165, 1.54) is 0 Å². The molecule has 0 amide bonds. The van der Waals surface area contributed by atoms with Gasteiger partial charge in [-0.2, -0.15) is 0 Å². The van der Waals surface area contributed by atoms with Gasteiger partial charge in [-0.05, 0) is 33.8 Å². The first-order valence-electron chi connectivity index (χ1n) is 5.08. The van der Waals surface area contributed by atoms with Gasteiger partial charge in [0, 0.05) is 12.7 Å². The van der Waals surface area contributed by atoms with Crippen LogP contribution in [0.4, 0.5) is 5.95 Å². The Balaban J connectivity index is 2.95. The van der Waals surface area contributed by atoms with Crippen molar-refractivity contribution < 1.29 is 9.53 Å². The molecule has 5 heteroatoms. The van der Waals surface area contributed by atoms with Crippen LogP contribution in [-0.2, 0) is 4.74 Å². The van der Waals surface area contributed by atoms with Gasteiger partial charge in [0.1, 0.15) is 5.60 Å². The summed E-state index contributed by atoms with van der Waals surface area (Å²) in [6.45, 7) is 7.25. The molecule has 0 aliphatic rings. The van der Waals surface area contributed by atoms with Crippen LogP contribution in [-0.4, -0.2) is 28.6 Å². The molecule has 88 valence electrons. The average Bonchev–Trinajstić information content (AvgIpc) is 2.14. The largest absolute Gasteiger partial charge is 0.455 e. The van der Waals surface area contributed by atoms with Gasteiger partial charge in [0.2, 0.25) is 5.95 Å². The number of esters is 1. The van der Waals surface area contributed by atoms with E-state index in [9.17, 15) is 4.79 Å². The molecule has 16 heavy (non-hydrogen) atoms. The van der Waals surface area contributed by atoms with Crippen molar-refractivity contribution in [3.05, 3.63) is 17.5 Å². The van der Waals surface area contributed by atoms with Gasteiger partial charge in [0.05, 0.1) is 0 Å². The first-order chi connectivity index (χ1) is 7.31. The highest BCUT2D eigenvalue weighted by molar-refractivity contribution is 5.87. The number of ether oxygens (including phenoxy) is 1. The van der Waals surface area contributed by atoms with Gasteiger partial charge in [-0.3, -0.25) is 0 Å². The summed E-state index contributed by atoms with van der Waals surface area (Å²) < 4.78 is 5.22. The van der Waals surface area contributed by atoms with Gasteiger partial charge >= 0.3 is 5.97 Å². The van der Waals surface area contributed by atoms with Crippen LogP contribution in [0.3, 0.4) is 0 Å². The Bertz CT molecular complexity index is 397. The van der Waals surface area contributed by atoms with Crippen LogP contribution in [0.1, 0.15) is 37.0 Å². The maximum Gasteiger partial charge on any atom is 0.357 e. The SMILES string of the molecule is CNc1nc(C)cc(C(=O)OC(C)(C)C)n1. The molecule has 5 nitrogen and oxygen atoms in total. The fourth-order valence-electron chi connectivity index (χ4n) is 1.12. The number of hydrogen-bond donors (Lipinski definition) is 1. The van der Waals surface area contributed by atoms with Gasteiger partial charge < -0.3 is 10.1 Å². The van der Waals surface area contributed by atoms with Crippen LogP contribution >= 0.6 is 0 Å². The fourth-order valence-corrected chi connectivity index (χ4v) is 1.12. The van der Waals surface area contributed by atoms with Crippen molar-refractivity contribution >= 4 is 11.9 Å². The second-order valence-electron chi connectivity index (χ2n) is 4.47. The molecular weight excluding hydrogens is 206 g/mol. The minimum Gasteiger partial charge on any atom is -0.455 e. The van der Waals surface area contributed by atoms with Crippen LogP contribution in [0.25, 0.3) is 0 Å². The number of carbonyl (C=O) groups is 1. The Morgan fingerprint density at radius 1 is 1.38 bits per heavy atom. The van der Waals surface area contributed by atoms with Crippen molar-refractivity contribution in [3.8, 4) is 0 Å². The first kappa shape index (κ1) is 12.4. The maximum absolute atomic E-state index is 11.7. The Labute approximate surface area is 95.3 Å². The van der Waals surface area contributed by atoms with Gasteiger partial charge in [-0.25, -0.2) is 14.8 Å². The Morgan fingerprint density at radius 3 is 2.50 bits per heavy atom. The molecule has 1 aromatic heterocycles. The zero-order valence-corrected chi connectivity index (χ0v) is 10.3. The molecule has 0 bridgehead atoms. The minimum atomic E-state index is -0.518. The van der Waals surface area contributed by atoms with Gasteiger partial charge in [0.15, 0.2) is 5.69 Å². The standard InChI is InChI=1S/C11H17N3O2/c1-7-6-8(14-10(12-5)13-7)9(15)16-11(2,3)4/h6H,1-5H3,(H,12,13,14). The van der Waals surface area contributed by atoms with Gasteiger partial charge in [-0.15, -0.1) is 0 Å². The third-order valence-corrected chi connectivity index (χ3v) is 1.69. The highest BCUT2D eigenvalue weighted by atomic mass is 16.6. The molecule has 0 radical (unpaired) electrons. The summed E-state index contributed by atoms with van der Waals surface area (Å²) >= 11 is 0. The molecule has 1 N–H and O–H groups in total. The molecule has 0 saturated heterocycles. The smallest absolute Gasteiger partial charge is 0.357 e. The van der Waals surface area contributed by atoms with Gasteiger partial charge in [-0.1, -0.05) is 0 Å². The van der Waals surface area contributed by atoms with Crippen LogP contribution in [0.5, 0.6) is 0 Å². The molecule has 0 aliphatic carbocycles. The summed E-state index contributed by atoms with van der Waals surface area (Å²) in [5.74, 6) is -0.0182. The Morgan fingerprint density at radius 2 is 2.00 bits per heavy atom. The quantitative estimate of drug-likeness (QED) is 0.774. The average molecular weight is 223 g/mol. The lowest BCUT2D eigenvalue weighted by Gasteiger charge is -2.19. The summed E-state index contributed by atoms with van der Waals surface area (Å²) in [5.41, 5.74) is 0.474. The van der Waals surface area contributed by atoms with E-state index < -0.39 is 11.6 Å². The number of anilines is 1. The van der Waals surface area contributed by atoms with E-state index >= 15 is 0 Å². The number of nitrogens with zero attached hydrogens (tertiary/aromatic N) is 2. The lowest BCUT2D eigenvalue weighted by molar-refractivity contribution is 0.00626. The van der Waals surface area contributed by atoms with E-state index in [0.717, 1.165) is 5.69 Å². The molecule has 1 rings (SSSR count). The Hall–Kier alpha value is -1.65. The monoisotopic (exact) mass is 223 g/mol. The van der Waals surface area contributed by atoms with E-state index in [2.05, 4.69) is 15.3 Å². The van der Waals surface area contributed by atoms with Crippen molar-refractivity contribution in [2.45, 2.75) is 33.3 Å². The zero-order valence-electron chi connectivity index (χ0n) is 10.3. The lowest BCUT2D eigenvalue weighted by Crippen LogP contribution is -2.24.